The third-order valence-electron chi connectivity index (χ3n) is 12.9. The molecule has 11 aromatic rings. The second-order valence-electron chi connectivity index (χ2n) is 15.7. The Morgan fingerprint density at radius 2 is 0.852 bits per heavy atom. The van der Waals surface area contributed by atoms with Gasteiger partial charge in [-0.3, -0.25) is 18.4 Å². The maximum Gasteiger partial charge on any atom is 0.264 e. The molecule has 0 unspecified atom stereocenters. The van der Waals surface area contributed by atoms with Gasteiger partial charge in [-0.15, -0.1) is 0 Å². The molecule has 2 aliphatic rings. The number of pyridine rings is 2. The van der Waals surface area contributed by atoms with Gasteiger partial charge in [-0.05, 0) is 97.8 Å². The molecule has 260 valence electrons. The number of anilines is 2. The minimum atomic E-state index is -0.0359. The van der Waals surface area contributed by atoms with E-state index >= 15 is 0 Å². The second kappa shape index (κ2) is 10.2. The zero-order chi connectivity index (χ0) is 35.4. The van der Waals surface area contributed by atoms with E-state index in [0.717, 1.165) is 139 Å². The van der Waals surface area contributed by atoms with Crippen LogP contribution in [0.3, 0.4) is 0 Å². The van der Waals surface area contributed by atoms with Gasteiger partial charge >= 0.3 is 0 Å². The normalized spacial score (nSPS) is 16.2. The number of hydrogen-bond donors (Lipinski definition) is 0. The minimum absolute atomic E-state index is 0.0232. The van der Waals surface area contributed by atoms with E-state index in [2.05, 4.69) is 46.2 Å². The van der Waals surface area contributed by atoms with Crippen LogP contribution >= 0.6 is 0 Å². The summed E-state index contributed by atoms with van der Waals surface area (Å²) in [6.45, 7) is 3.82. The zero-order valence-corrected chi connectivity index (χ0v) is 29.7. The number of imidazole rings is 2. The molecule has 2 saturated heterocycles. The van der Waals surface area contributed by atoms with Crippen molar-refractivity contribution in [2.45, 2.75) is 38.5 Å². The number of aromatic nitrogens is 4. The van der Waals surface area contributed by atoms with Gasteiger partial charge in [-0.25, -0.2) is 9.97 Å². The number of nitrogens with zero attached hydrogens (tertiary/aromatic N) is 6. The van der Waals surface area contributed by atoms with Gasteiger partial charge in [0.1, 0.15) is 11.3 Å². The molecule has 2 fully saturated rings. The first-order chi connectivity index (χ1) is 26.7. The average Bonchev–Trinajstić information content (AvgIpc) is 3.82. The van der Waals surface area contributed by atoms with Crippen LogP contribution in [0.15, 0.2) is 94.5 Å². The Kier molecular flexibility index (Phi) is 5.53. The van der Waals surface area contributed by atoms with E-state index in [1.807, 2.05) is 57.3 Å². The van der Waals surface area contributed by atoms with Crippen molar-refractivity contribution in [3.05, 3.63) is 106 Å². The molecule has 0 bridgehead atoms. The number of hydrogen-bond acceptors (Lipinski definition) is 6. The molecule has 0 amide bonds. The predicted molar refractivity (Wildman–Crippen MR) is 222 cm³/mol. The molecule has 6 heterocycles. The Hall–Kier alpha value is -6.28. The lowest BCUT2D eigenvalue weighted by Gasteiger charge is -2.33. The van der Waals surface area contributed by atoms with E-state index in [1.54, 1.807) is 0 Å². The quantitative estimate of drug-likeness (QED) is 0.132. The monoisotopic (exact) mass is 702 g/mol. The maximum absolute atomic E-state index is 14.9. The van der Waals surface area contributed by atoms with Crippen LogP contribution in [-0.4, -0.2) is 44.9 Å². The summed E-state index contributed by atoms with van der Waals surface area (Å²) in [5.41, 5.74) is 6.97. The molecule has 0 saturated carbocycles. The first-order valence-corrected chi connectivity index (χ1v) is 19.5. The Morgan fingerprint density at radius 3 is 1.43 bits per heavy atom. The summed E-state index contributed by atoms with van der Waals surface area (Å²) in [6, 6.07) is 29.2. The number of piperidine rings is 2. The van der Waals surface area contributed by atoms with Crippen LogP contribution in [0.2, 0.25) is 0 Å². The van der Waals surface area contributed by atoms with E-state index in [0.29, 0.717) is 16.7 Å². The van der Waals surface area contributed by atoms with Crippen molar-refractivity contribution in [3.63, 3.8) is 0 Å². The van der Waals surface area contributed by atoms with Gasteiger partial charge in [0.2, 0.25) is 0 Å². The molecule has 54 heavy (non-hydrogen) atoms. The molecule has 0 N–H and O–H groups in total. The number of rotatable bonds is 2. The van der Waals surface area contributed by atoms with Gasteiger partial charge in [0.25, 0.3) is 11.1 Å². The Balaban J connectivity index is 1.32. The van der Waals surface area contributed by atoms with Gasteiger partial charge in [-0.2, -0.15) is 0 Å². The molecular formula is C46H34N6O2. The first-order valence-electron chi connectivity index (χ1n) is 19.5. The zero-order valence-electron chi connectivity index (χ0n) is 29.7. The van der Waals surface area contributed by atoms with Crippen LogP contribution in [0.1, 0.15) is 38.5 Å². The molecule has 0 radical (unpaired) electrons. The van der Waals surface area contributed by atoms with Crippen molar-refractivity contribution >= 4 is 109 Å². The summed E-state index contributed by atoms with van der Waals surface area (Å²) in [5.74, 6) is 0. The highest BCUT2D eigenvalue weighted by atomic mass is 16.1. The molecule has 8 heteroatoms. The van der Waals surface area contributed by atoms with Crippen molar-refractivity contribution in [1.82, 2.24) is 18.8 Å². The molecule has 13 rings (SSSR count). The average molecular weight is 703 g/mol. The summed E-state index contributed by atoms with van der Waals surface area (Å²) in [5, 5.41) is 12.3. The van der Waals surface area contributed by atoms with E-state index in [4.69, 9.17) is 9.97 Å². The topological polar surface area (TPSA) is 75.2 Å². The van der Waals surface area contributed by atoms with Crippen molar-refractivity contribution in [3.8, 4) is 0 Å². The highest BCUT2D eigenvalue weighted by Gasteiger charge is 2.30. The molecule has 0 spiro atoms. The van der Waals surface area contributed by atoms with Gasteiger partial charge in [-0.1, -0.05) is 36.4 Å². The smallest absolute Gasteiger partial charge is 0.264 e. The lowest BCUT2D eigenvalue weighted by atomic mass is 9.84. The molecule has 0 atom stereocenters. The first kappa shape index (κ1) is 29.2. The van der Waals surface area contributed by atoms with Gasteiger partial charge < -0.3 is 9.80 Å². The largest absolute Gasteiger partial charge is 0.371 e. The van der Waals surface area contributed by atoms with Crippen LogP contribution in [0.5, 0.6) is 0 Å². The number of benzene rings is 7. The fraction of sp³-hybridized carbons (Fsp3) is 0.217. The van der Waals surface area contributed by atoms with Crippen molar-refractivity contribution in [2.75, 3.05) is 36.0 Å². The standard InChI is InChI=1S/C46H34N6O2/c53-45-28-18-16-26-40-36(50-21-9-2-10-22-50)24-30-37-27(43-47-31-11-3-5-13-33(31)51(43)46(30)54)17-15-25(41(37)40)39-35(49-19-7-1-8-20-49)23-29(38(28)42(26)39)44-48-32-12-4-6-14-34(32)52(44)45/h3-6,11-18,23-24H,1-2,7-10,19-22H2. The highest BCUT2D eigenvalue weighted by molar-refractivity contribution is 6.44. The maximum atomic E-state index is 14.9. The fourth-order valence-corrected chi connectivity index (χ4v) is 10.6. The van der Waals surface area contributed by atoms with Gasteiger partial charge in [0.15, 0.2) is 0 Å². The van der Waals surface area contributed by atoms with Gasteiger partial charge in [0.05, 0.1) is 27.5 Å². The van der Waals surface area contributed by atoms with Crippen LogP contribution in [-0.2, 0) is 0 Å². The Bertz CT molecular complexity index is 3480. The SMILES string of the molecule is O=c1c2cc(N3CCCCC3)c3c4ccc5c(=O)n6c7ccccc7nc6c6cc(N7CCCCC7)c(c7ccc(c2c73)c2nc3ccccc3n12)c4c56. The Labute approximate surface area is 307 Å². The third kappa shape index (κ3) is 3.50. The number of para-hydroxylation sites is 4. The van der Waals surface area contributed by atoms with Crippen LogP contribution in [0.25, 0.3) is 98.0 Å². The van der Waals surface area contributed by atoms with E-state index in [1.165, 1.54) is 18.5 Å². The van der Waals surface area contributed by atoms with Crippen LogP contribution in [0, 0.1) is 0 Å². The summed E-state index contributed by atoms with van der Waals surface area (Å²) >= 11 is 0. The summed E-state index contributed by atoms with van der Waals surface area (Å²) in [4.78, 5) is 44.9. The van der Waals surface area contributed by atoms with Crippen molar-refractivity contribution in [2.24, 2.45) is 0 Å². The van der Waals surface area contributed by atoms with Gasteiger partial charge in [0, 0.05) is 86.0 Å². The third-order valence-corrected chi connectivity index (χ3v) is 12.9. The molecule has 0 aliphatic carbocycles. The summed E-state index contributed by atoms with van der Waals surface area (Å²) in [7, 11) is 0. The number of fused-ring (bicyclic) bond motifs is 10. The molecule has 2 aliphatic heterocycles. The van der Waals surface area contributed by atoms with Crippen molar-refractivity contribution in [1.29, 1.82) is 0 Å². The van der Waals surface area contributed by atoms with E-state index in [9.17, 15) is 9.59 Å². The molecular weight excluding hydrogens is 669 g/mol. The lowest BCUT2D eigenvalue weighted by Crippen LogP contribution is -2.30. The summed E-state index contributed by atoms with van der Waals surface area (Å²) in [6.07, 6.45) is 6.93. The fourth-order valence-electron chi connectivity index (χ4n) is 10.6. The molecule has 4 aromatic heterocycles. The highest BCUT2D eigenvalue weighted by Crippen LogP contribution is 2.52. The molecule has 7 aromatic carbocycles. The van der Waals surface area contributed by atoms with Crippen LogP contribution < -0.4 is 20.9 Å². The molecule has 8 nitrogen and oxygen atoms in total. The predicted octanol–water partition coefficient (Wildman–Crippen LogP) is 9.22. The van der Waals surface area contributed by atoms with Crippen molar-refractivity contribution < 1.29 is 0 Å². The Morgan fingerprint density at radius 1 is 0.407 bits per heavy atom. The summed E-state index contributed by atoms with van der Waals surface area (Å²) < 4.78 is 3.65. The van der Waals surface area contributed by atoms with Crippen LogP contribution in [0.4, 0.5) is 11.4 Å². The lowest BCUT2D eigenvalue weighted by molar-refractivity contribution is 0.579. The van der Waals surface area contributed by atoms with E-state index in [-0.39, 0.29) is 11.1 Å². The van der Waals surface area contributed by atoms with E-state index < -0.39 is 0 Å². The second-order valence-corrected chi connectivity index (χ2v) is 15.7. The minimum Gasteiger partial charge on any atom is -0.371 e.